The van der Waals surface area contributed by atoms with Crippen LogP contribution in [0.25, 0.3) is 0 Å². The fourth-order valence-electron chi connectivity index (χ4n) is 1.79. The number of aliphatic hydroxyl groups excluding tert-OH is 1. The molecule has 1 aliphatic rings. The summed E-state index contributed by atoms with van der Waals surface area (Å²) < 4.78 is 47.3. The topological polar surface area (TPSA) is 91.8 Å². The van der Waals surface area contributed by atoms with E-state index in [1.54, 1.807) is 0 Å². The normalized spacial score (nSPS) is 18.3. The van der Waals surface area contributed by atoms with Crippen molar-refractivity contribution in [2.45, 2.75) is 31.7 Å². The van der Waals surface area contributed by atoms with Crippen molar-refractivity contribution in [3.05, 3.63) is 0 Å². The van der Waals surface area contributed by atoms with Crippen LogP contribution in [0.1, 0.15) is 25.7 Å². The van der Waals surface area contributed by atoms with Gasteiger partial charge in [-0.3, -0.25) is 0 Å². The first-order chi connectivity index (χ1) is 7.76. The minimum Gasteiger partial charge on any atom is -0.396 e. The van der Waals surface area contributed by atoms with Gasteiger partial charge in [0.05, 0.1) is 0 Å². The molecule has 0 atom stereocenters. The van der Waals surface area contributed by atoms with Gasteiger partial charge in [-0.25, -0.2) is 16.8 Å². The van der Waals surface area contributed by atoms with Gasteiger partial charge in [0.25, 0.3) is 0 Å². The van der Waals surface area contributed by atoms with Gasteiger partial charge < -0.3 is 5.11 Å². The van der Waals surface area contributed by atoms with Crippen molar-refractivity contribution in [2.75, 3.05) is 24.5 Å². The molecule has 1 saturated carbocycles. The first-order valence-corrected chi connectivity index (χ1v) is 9.21. The summed E-state index contributed by atoms with van der Waals surface area (Å²) in [5.74, 6) is 0. The van der Waals surface area contributed by atoms with Crippen LogP contribution in [0.2, 0.25) is 0 Å². The molecule has 0 aromatic heterocycles. The second-order valence-electron chi connectivity index (χ2n) is 4.43. The van der Waals surface area contributed by atoms with Crippen molar-refractivity contribution in [1.82, 2.24) is 4.31 Å². The minimum absolute atomic E-state index is 0.0895. The number of rotatable bonds is 7. The summed E-state index contributed by atoms with van der Waals surface area (Å²) in [6.07, 6.45) is 3.76. The molecule has 0 bridgehead atoms. The van der Waals surface area contributed by atoms with Crippen LogP contribution < -0.4 is 0 Å². The molecule has 1 rings (SSSR count). The monoisotopic (exact) mass is 285 g/mol. The molecule has 0 aromatic rings. The maximum Gasteiger partial charge on any atom is 0.228 e. The highest BCUT2D eigenvalue weighted by atomic mass is 32.3. The highest BCUT2D eigenvalue weighted by Crippen LogP contribution is 2.27. The van der Waals surface area contributed by atoms with Gasteiger partial charge in [-0.2, -0.15) is 4.31 Å². The Labute approximate surface area is 103 Å². The lowest BCUT2D eigenvalue weighted by atomic mass is 9.93. The molecule has 1 fully saturated rings. The predicted molar refractivity (Wildman–Crippen MR) is 64.7 cm³/mol. The third-order valence-corrected chi connectivity index (χ3v) is 6.84. The SMILES string of the molecule is CS(=O)(=O)CS(=O)(=O)N(CCCO)C1CCC1. The lowest BCUT2D eigenvalue weighted by Gasteiger charge is -2.36. The molecule has 17 heavy (non-hydrogen) atoms. The number of sulfone groups is 1. The van der Waals surface area contributed by atoms with Gasteiger partial charge in [-0.1, -0.05) is 6.42 Å². The molecule has 0 saturated heterocycles. The first kappa shape index (κ1) is 14.9. The molecule has 0 spiro atoms. The summed E-state index contributed by atoms with van der Waals surface area (Å²) in [6, 6.07) is -0.0895. The summed E-state index contributed by atoms with van der Waals surface area (Å²) in [5, 5.41) is 7.90. The van der Waals surface area contributed by atoms with Crippen LogP contribution in [-0.2, 0) is 19.9 Å². The quantitative estimate of drug-likeness (QED) is 0.684. The van der Waals surface area contributed by atoms with Gasteiger partial charge in [0, 0.05) is 25.4 Å². The summed E-state index contributed by atoms with van der Waals surface area (Å²) in [5.41, 5.74) is 0. The highest BCUT2D eigenvalue weighted by molar-refractivity contribution is 8.06. The number of hydrogen-bond acceptors (Lipinski definition) is 5. The van der Waals surface area contributed by atoms with Crippen LogP contribution >= 0.6 is 0 Å². The molecular weight excluding hydrogens is 266 g/mol. The second kappa shape index (κ2) is 5.64. The maximum absolute atomic E-state index is 12.0. The molecule has 0 aromatic carbocycles. The average Bonchev–Trinajstić information content (AvgIpc) is 2.04. The Hall–Kier alpha value is -0.180. The van der Waals surface area contributed by atoms with E-state index in [1.165, 1.54) is 4.31 Å². The molecule has 8 heteroatoms. The third kappa shape index (κ3) is 4.53. The van der Waals surface area contributed by atoms with Crippen molar-refractivity contribution in [3.63, 3.8) is 0 Å². The van der Waals surface area contributed by atoms with Crippen molar-refractivity contribution >= 4 is 19.9 Å². The van der Waals surface area contributed by atoms with E-state index in [4.69, 9.17) is 5.11 Å². The van der Waals surface area contributed by atoms with Crippen molar-refractivity contribution in [1.29, 1.82) is 0 Å². The van der Waals surface area contributed by atoms with E-state index in [0.29, 0.717) is 6.42 Å². The molecule has 0 aliphatic heterocycles. The van der Waals surface area contributed by atoms with Gasteiger partial charge in [0.2, 0.25) is 10.0 Å². The number of sulfonamides is 1. The van der Waals surface area contributed by atoms with E-state index in [-0.39, 0.29) is 19.2 Å². The Bertz CT molecular complexity index is 438. The summed E-state index contributed by atoms with van der Waals surface area (Å²) >= 11 is 0. The molecule has 1 aliphatic carbocycles. The third-order valence-electron chi connectivity index (χ3n) is 2.74. The van der Waals surface area contributed by atoms with Crippen LogP contribution in [0.15, 0.2) is 0 Å². The zero-order valence-corrected chi connectivity index (χ0v) is 11.5. The van der Waals surface area contributed by atoms with E-state index >= 15 is 0 Å². The molecule has 0 heterocycles. The lowest BCUT2D eigenvalue weighted by molar-refractivity contribution is 0.199. The van der Waals surface area contributed by atoms with E-state index in [9.17, 15) is 16.8 Å². The van der Waals surface area contributed by atoms with Gasteiger partial charge in [-0.15, -0.1) is 0 Å². The molecule has 102 valence electrons. The van der Waals surface area contributed by atoms with E-state index in [2.05, 4.69) is 0 Å². The van der Waals surface area contributed by atoms with Gasteiger partial charge in [0.15, 0.2) is 14.9 Å². The second-order valence-corrected chi connectivity index (χ2v) is 8.86. The zero-order chi connectivity index (χ0) is 13.1. The number of nitrogens with zero attached hydrogens (tertiary/aromatic N) is 1. The lowest BCUT2D eigenvalue weighted by Crippen LogP contribution is -2.46. The summed E-state index contributed by atoms with van der Waals surface area (Å²) in [6.45, 7) is 0.0939. The largest absolute Gasteiger partial charge is 0.396 e. The van der Waals surface area contributed by atoms with E-state index < -0.39 is 24.9 Å². The number of aliphatic hydroxyl groups is 1. The van der Waals surface area contributed by atoms with Crippen molar-refractivity contribution < 1.29 is 21.9 Å². The zero-order valence-electron chi connectivity index (χ0n) is 9.87. The smallest absolute Gasteiger partial charge is 0.228 e. The van der Waals surface area contributed by atoms with E-state index in [0.717, 1.165) is 25.5 Å². The molecule has 1 N–H and O–H groups in total. The maximum atomic E-state index is 12.0. The first-order valence-electron chi connectivity index (χ1n) is 5.54. The highest BCUT2D eigenvalue weighted by Gasteiger charge is 2.35. The fourth-order valence-corrected chi connectivity index (χ4v) is 5.57. The Balaban J connectivity index is 2.80. The average molecular weight is 285 g/mol. The molecule has 0 amide bonds. The Morgan fingerprint density at radius 3 is 2.18 bits per heavy atom. The molecule has 6 nitrogen and oxygen atoms in total. The van der Waals surface area contributed by atoms with Crippen molar-refractivity contribution in [3.8, 4) is 0 Å². The predicted octanol–water partition coefficient (Wildman–Crippen LogP) is -0.445. The molecule has 0 unspecified atom stereocenters. The van der Waals surface area contributed by atoms with Crippen molar-refractivity contribution in [2.24, 2.45) is 0 Å². The molecule has 0 radical (unpaired) electrons. The summed E-state index contributed by atoms with van der Waals surface area (Å²) in [7, 11) is -7.34. The minimum atomic E-state index is -3.78. The Morgan fingerprint density at radius 2 is 1.82 bits per heavy atom. The Morgan fingerprint density at radius 1 is 1.24 bits per heavy atom. The standard InChI is InChI=1S/C9H19NO5S2/c1-16(12,13)8-17(14,15)10(6-3-7-11)9-4-2-5-9/h9,11H,2-8H2,1H3. The number of hydrogen-bond donors (Lipinski definition) is 1. The summed E-state index contributed by atoms with van der Waals surface area (Å²) in [4.78, 5) is 0. The molecular formula is C9H19NO5S2. The van der Waals surface area contributed by atoms with E-state index in [1.807, 2.05) is 0 Å². The van der Waals surface area contributed by atoms with Crippen LogP contribution in [0, 0.1) is 0 Å². The van der Waals surface area contributed by atoms with Crippen LogP contribution in [0.5, 0.6) is 0 Å². The van der Waals surface area contributed by atoms with Gasteiger partial charge in [-0.05, 0) is 19.3 Å². The van der Waals surface area contributed by atoms with Gasteiger partial charge in [0.1, 0.15) is 0 Å². The van der Waals surface area contributed by atoms with Crippen LogP contribution in [-0.4, -0.2) is 56.8 Å². The Kier molecular flexibility index (Phi) is 4.94. The fraction of sp³-hybridized carbons (Fsp3) is 1.00. The van der Waals surface area contributed by atoms with Crippen LogP contribution in [0.4, 0.5) is 0 Å². The van der Waals surface area contributed by atoms with Crippen LogP contribution in [0.3, 0.4) is 0 Å². The van der Waals surface area contributed by atoms with Gasteiger partial charge >= 0.3 is 0 Å².